The van der Waals surface area contributed by atoms with E-state index in [1.54, 1.807) is 30.3 Å². The number of ether oxygens (including phenoxy) is 2. The Labute approximate surface area is 148 Å². The molecule has 4 nitrogen and oxygen atoms in total. The highest BCUT2D eigenvalue weighted by atomic mass is 79.9. The number of rotatable bonds is 6. The van der Waals surface area contributed by atoms with Crippen molar-refractivity contribution in [1.82, 2.24) is 0 Å². The molecule has 1 amide bonds. The summed E-state index contributed by atoms with van der Waals surface area (Å²) >= 11 is 9.48. The molecule has 0 unspecified atom stereocenters. The molecule has 23 heavy (non-hydrogen) atoms. The first kappa shape index (κ1) is 17.6. The van der Waals surface area contributed by atoms with Crippen LogP contribution in [0.15, 0.2) is 40.9 Å². The minimum Gasteiger partial charge on any atom is -0.494 e. The SMILES string of the molecule is CCOc1ccc(NC(=O)COc2c(C)cc(Br)cc2Cl)cc1. The number of halogens is 2. The monoisotopic (exact) mass is 397 g/mol. The second-order valence-corrected chi connectivity index (χ2v) is 6.15. The Morgan fingerprint density at radius 2 is 1.91 bits per heavy atom. The second kappa shape index (κ2) is 8.22. The molecule has 0 fully saturated rings. The first-order chi connectivity index (χ1) is 11.0. The molecular formula is C17H17BrClNO3. The largest absolute Gasteiger partial charge is 0.494 e. The maximum atomic E-state index is 12.0. The first-order valence-electron chi connectivity index (χ1n) is 7.10. The Bertz CT molecular complexity index is 666. The molecule has 0 spiro atoms. The van der Waals surface area contributed by atoms with Gasteiger partial charge in [0, 0.05) is 10.2 Å². The topological polar surface area (TPSA) is 47.6 Å². The highest BCUT2D eigenvalue weighted by Gasteiger charge is 2.10. The first-order valence-corrected chi connectivity index (χ1v) is 8.28. The van der Waals surface area contributed by atoms with Crippen LogP contribution in [0, 0.1) is 6.92 Å². The van der Waals surface area contributed by atoms with E-state index in [1.165, 1.54) is 0 Å². The molecule has 0 saturated carbocycles. The zero-order chi connectivity index (χ0) is 16.8. The summed E-state index contributed by atoms with van der Waals surface area (Å²) in [4.78, 5) is 12.0. The third kappa shape index (κ3) is 5.15. The van der Waals surface area contributed by atoms with Crippen LogP contribution in [0.25, 0.3) is 0 Å². The van der Waals surface area contributed by atoms with Crippen LogP contribution >= 0.6 is 27.5 Å². The van der Waals surface area contributed by atoms with Crippen LogP contribution in [0.4, 0.5) is 5.69 Å². The van der Waals surface area contributed by atoms with Crippen LogP contribution in [0.5, 0.6) is 11.5 Å². The van der Waals surface area contributed by atoms with Gasteiger partial charge in [0.1, 0.15) is 11.5 Å². The molecule has 0 bridgehead atoms. The van der Waals surface area contributed by atoms with E-state index >= 15 is 0 Å². The van der Waals surface area contributed by atoms with E-state index in [-0.39, 0.29) is 12.5 Å². The van der Waals surface area contributed by atoms with Gasteiger partial charge in [0.05, 0.1) is 11.6 Å². The summed E-state index contributed by atoms with van der Waals surface area (Å²) < 4.78 is 11.7. The van der Waals surface area contributed by atoms with Crippen molar-refractivity contribution in [1.29, 1.82) is 0 Å². The smallest absolute Gasteiger partial charge is 0.262 e. The van der Waals surface area contributed by atoms with Crippen molar-refractivity contribution < 1.29 is 14.3 Å². The summed E-state index contributed by atoms with van der Waals surface area (Å²) in [5.41, 5.74) is 1.54. The molecule has 2 aromatic rings. The van der Waals surface area contributed by atoms with Crippen LogP contribution in [0.3, 0.4) is 0 Å². The quantitative estimate of drug-likeness (QED) is 0.758. The van der Waals surface area contributed by atoms with Crippen molar-refractivity contribution in [3.63, 3.8) is 0 Å². The van der Waals surface area contributed by atoms with Crippen LogP contribution in [-0.2, 0) is 4.79 Å². The molecule has 122 valence electrons. The Balaban J connectivity index is 1.93. The lowest BCUT2D eigenvalue weighted by Crippen LogP contribution is -2.20. The number of hydrogen-bond donors (Lipinski definition) is 1. The molecule has 0 aromatic heterocycles. The molecule has 2 rings (SSSR count). The van der Waals surface area contributed by atoms with Gasteiger partial charge in [-0.1, -0.05) is 27.5 Å². The van der Waals surface area contributed by atoms with E-state index in [4.69, 9.17) is 21.1 Å². The molecule has 6 heteroatoms. The second-order valence-electron chi connectivity index (χ2n) is 4.83. The van der Waals surface area contributed by atoms with Crippen LogP contribution in [0.2, 0.25) is 5.02 Å². The van der Waals surface area contributed by atoms with Gasteiger partial charge in [0.25, 0.3) is 5.91 Å². The van der Waals surface area contributed by atoms with Crippen LogP contribution in [0.1, 0.15) is 12.5 Å². The standard InChI is InChI=1S/C17H17BrClNO3/c1-3-22-14-6-4-13(5-7-14)20-16(21)10-23-17-11(2)8-12(18)9-15(17)19/h4-9H,3,10H2,1-2H3,(H,20,21). The number of nitrogens with one attached hydrogen (secondary N) is 1. The Morgan fingerprint density at radius 1 is 1.22 bits per heavy atom. The van der Waals surface area contributed by atoms with Crippen molar-refractivity contribution in [2.24, 2.45) is 0 Å². The number of amides is 1. The molecule has 0 atom stereocenters. The number of benzene rings is 2. The molecule has 0 aliphatic heterocycles. The molecule has 0 saturated heterocycles. The summed E-state index contributed by atoms with van der Waals surface area (Å²) in [6.07, 6.45) is 0. The van der Waals surface area contributed by atoms with E-state index in [9.17, 15) is 4.79 Å². The molecular weight excluding hydrogens is 382 g/mol. The van der Waals surface area contributed by atoms with E-state index in [2.05, 4.69) is 21.2 Å². The zero-order valence-corrected chi connectivity index (χ0v) is 15.2. The maximum absolute atomic E-state index is 12.0. The molecule has 0 radical (unpaired) electrons. The van der Waals surface area contributed by atoms with Gasteiger partial charge in [-0.15, -0.1) is 0 Å². The van der Waals surface area contributed by atoms with Gasteiger partial charge >= 0.3 is 0 Å². The van der Waals surface area contributed by atoms with Gasteiger partial charge in [-0.3, -0.25) is 4.79 Å². The van der Waals surface area contributed by atoms with Crippen molar-refractivity contribution in [2.75, 3.05) is 18.5 Å². The lowest BCUT2D eigenvalue weighted by molar-refractivity contribution is -0.118. The third-order valence-corrected chi connectivity index (χ3v) is 3.73. The summed E-state index contributed by atoms with van der Waals surface area (Å²) in [5.74, 6) is 1.02. The van der Waals surface area contributed by atoms with E-state index in [1.807, 2.05) is 19.9 Å². The lowest BCUT2D eigenvalue weighted by Gasteiger charge is -2.12. The van der Waals surface area contributed by atoms with Gasteiger partial charge < -0.3 is 14.8 Å². The van der Waals surface area contributed by atoms with Gasteiger partial charge in [-0.25, -0.2) is 0 Å². The number of carbonyl (C=O) groups is 1. The fourth-order valence-corrected chi connectivity index (χ4v) is 3.03. The molecule has 1 N–H and O–H groups in total. The zero-order valence-electron chi connectivity index (χ0n) is 12.9. The summed E-state index contributed by atoms with van der Waals surface area (Å²) in [7, 11) is 0. The van der Waals surface area contributed by atoms with E-state index in [0.717, 1.165) is 15.8 Å². The fraction of sp³-hybridized carbons (Fsp3) is 0.235. The van der Waals surface area contributed by atoms with Gasteiger partial charge in [-0.2, -0.15) is 0 Å². The summed E-state index contributed by atoms with van der Waals surface area (Å²) in [6.45, 7) is 4.28. The summed E-state index contributed by atoms with van der Waals surface area (Å²) in [5, 5.41) is 3.22. The van der Waals surface area contributed by atoms with Gasteiger partial charge in [0.2, 0.25) is 0 Å². The summed E-state index contributed by atoms with van der Waals surface area (Å²) in [6, 6.07) is 10.8. The van der Waals surface area contributed by atoms with Crippen molar-refractivity contribution in [2.45, 2.75) is 13.8 Å². The lowest BCUT2D eigenvalue weighted by atomic mass is 10.2. The van der Waals surface area contributed by atoms with Crippen LogP contribution in [-0.4, -0.2) is 19.1 Å². The predicted molar refractivity (Wildman–Crippen MR) is 95.6 cm³/mol. The Morgan fingerprint density at radius 3 is 2.52 bits per heavy atom. The number of hydrogen-bond acceptors (Lipinski definition) is 3. The minimum absolute atomic E-state index is 0.116. The normalized spacial score (nSPS) is 10.3. The van der Waals surface area contributed by atoms with E-state index in [0.29, 0.717) is 23.1 Å². The fourth-order valence-electron chi connectivity index (χ4n) is 2.01. The number of carbonyl (C=O) groups excluding carboxylic acids is 1. The minimum atomic E-state index is -0.257. The molecule has 0 aliphatic carbocycles. The predicted octanol–water partition coefficient (Wildman–Crippen LogP) is 4.83. The highest BCUT2D eigenvalue weighted by molar-refractivity contribution is 9.10. The van der Waals surface area contributed by atoms with E-state index < -0.39 is 0 Å². The van der Waals surface area contributed by atoms with Gasteiger partial charge in [0.15, 0.2) is 6.61 Å². The Hall–Kier alpha value is -1.72. The van der Waals surface area contributed by atoms with Gasteiger partial charge in [-0.05, 0) is 55.8 Å². The highest BCUT2D eigenvalue weighted by Crippen LogP contribution is 2.31. The molecule has 0 heterocycles. The third-order valence-electron chi connectivity index (χ3n) is 2.99. The average molecular weight is 399 g/mol. The van der Waals surface area contributed by atoms with Crippen molar-refractivity contribution in [3.05, 3.63) is 51.5 Å². The number of aryl methyl sites for hydroxylation is 1. The Kier molecular flexibility index (Phi) is 6.30. The van der Waals surface area contributed by atoms with Crippen LogP contribution < -0.4 is 14.8 Å². The molecule has 0 aliphatic rings. The number of anilines is 1. The van der Waals surface area contributed by atoms with Crippen molar-refractivity contribution in [3.8, 4) is 11.5 Å². The molecule has 2 aromatic carbocycles. The van der Waals surface area contributed by atoms with Crippen molar-refractivity contribution >= 4 is 39.1 Å². The maximum Gasteiger partial charge on any atom is 0.262 e. The average Bonchev–Trinajstić information content (AvgIpc) is 2.48.